The minimum absolute atomic E-state index is 0.0492. The van der Waals surface area contributed by atoms with Crippen molar-refractivity contribution in [2.45, 2.75) is 52.1 Å². The summed E-state index contributed by atoms with van der Waals surface area (Å²) in [6.45, 7) is 5.61. The topological polar surface area (TPSA) is 79.0 Å². The molecule has 0 bridgehead atoms. The van der Waals surface area contributed by atoms with E-state index in [9.17, 15) is 13.7 Å². The van der Waals surface area contributed by atoms with Gasteiger partial charge in [-0.3, -0.25) is 0 Å². The summed E-state index contributed by atoms with van der Waals surface area (Å²) in [6.07, 6.45) is 7.62. The molecule has 1 aromatic heterocycles. The third kappa shape index (κ3) is 2.66. The van der Waals surface area contributed by atoms with Gasteiger partial charge in [-0.05, 0) is 31.6 Å². The SMILES string of the molecule is CC1(C)CN(S(=O)(=O)CC2(C#N)CC2)C1c1nccn1CC1CC1. The average Bonchev–Trinajstić information content (AvgIpc) is 3.40. The van der Waals surface area contributed by atoms with Crippen LogP contribution in [0.5, 0.6) is 0 Å². The highest BCUT2D eigenvalue weighted by Gasteiger charge is 2.57. The van der Waals surface area contributed by atoms with Gasteiger partial charge in [0.1, 0.15) is 5.82 Å². The molecule has 1 aromatic rings. The van der Waals surface area contributed by atoms with Crippen LogP contribution in [0.2, 0.25) is 0 Å². The third-order valence-electron chi connectivity index (χ3n) is 5.64. The van der Waals surface area contributed by atoms with Crippen molar-refractivity contribution in [1.82, 2.24) is 13.9 Å². The quantitative estimate of drug-likeness (QED) is 0.790. The predicted octanol–water partition coefficient (Wildman–Crippen LogP) is 2.31. The molecule has 0 amide bonds. The second-order valence-corrected chi connectivity index (χ2v) is 10.4. The Hall–Kier alpha value is -1.39. The number of nitriles is 1. The van der Waals surface area contributed by atoms with E-state index in [1.807, 2.05) is 6.20 Å². The fourth-order valence-electron chi connectivity index (χ4n) is 3.77. The van der Waals surface area contributed by atoms with Crippen LogP contribution in [0, 0.1) is 28.1 Å². The lowest BCUT2D eigenvalue weighted by atomic mass is 9.76. The molecule has 2 heterocycles. The van der Waals surface area contributed by atoms with Gasteiger partial charge in [0.2, 0.25) is 10.0 Å². The molecule has 0 spiro atoms. The second kappa shape index (κ2) is 5.06. The zero-order chi connectivity index (χ0) is 17.2. The monoisotopic (exact) mass is 348 g/mol. The number of nitrogens with zero attached hydrogens (tertiary/aromatic N) is 4. The van der Waals surface area contributed by atoms with Gasteiger partial charge in [-0.25, -0.2) is 13.4 Å². The highest BCUT2D eigenvalue weighted by atomic mass is 32.2. The van der Waals surface area contributed by atoms with Crippen LogP contribution in [-0.2, 0) is 16.6 Å². The highest BCUT2D eigenvalue weighted by molar-refractivity contribution is 7.89. The maximum absolute atomic E-state index is 12.9. The summed E-state index contributed by atoms with van der Waals surface area (Å²) in [5.74, 6) is 1.51. The molecule has 1 unspecified atom stereocenters. The minimum atomic E-state index is -3.45. The van der Waals surface area contributed by atoms with Crippen LogP contribution in [0.15, 0.2) is 12.4 Å². The minimum Gasteiger partial charge on any atom is -0.333 e. The van der Waals surface area contributed by atoms with Crippen molar-refractivity contribution >= 4 is 10.0 Å². The molecule has 4 rings (SSSR count). The van der Waals surface area contributed by atoms with Crippen LogP contribution in [0.3, 0.4) is 0 Å². The lowest BCUT2D eigenvalue weighted by molar-refractivity contribution is 0.0110. The van der Waals surface area contributed by atoms with E-state index in [1.54, 1.807) is 10.5 Å². The van der Waals surface area contributed by atoms with E-state index in [2.05, 4.69) is 29.5 Å². The van der Waals surface area contributed by atoms with Crippen LogP contribution >= 0.6 is 0 Å². The number of rotatable bonds is 6. The zero-order valence-electron chi connectivity index (χ0n) is 14.3. The first-order valence-corrected chi connectivity index (χ1v) is 10.3. The molecule has 2 saturated carbocycles. The molecule has 130 valence electrons. The standard InChI is InChI=1S/C17H24N4O2S/c1-16(2)11-21(24(22,23)12-17(10-18)5-6-17)14(16)15-19-7-8-20(15)9-13-3-4-13/h7-8,13-14H,3-6,9,11-12H2,1-2H3. The van der Waals surface area contributed by atoms with Crippen LogP contribution in [0.4, 0.5) is 0 Å². The fourth-order valence-corrected chi connectivity index (χ4v) is 6.21. The van der Waals surface area contributed by atoms with E-state index >= 15 is 0 Å². The zero-order valence-corrected chi connectivity index (χ0v) is 15.1. The van der Waals surface area contributed by atoms with Crippen molar-refractivity contribution in [3.63, 3.8) is 0 Å². The number of sulfonamides is 1. The first-order valence-electron chi connectivity index (χ1n) is 8.68. The molecule has 2 aliphatic carbocycles. The van der Waals surface area contributed by atoms with E-state index in [0.29, 0.717) is 25.3 Å². The Balaban J connectivity index is 1.61. The smallest absolute Gasteiger partial charge is 0.216 e. The molecule has 1 atom stereocenters. The fraction of sp³-hybridized carbons (Fsp3) is 0.765. The third-order valence-corrected chi connectivity index (χ3v) is 7.61. The molecule has 6 nitrogen and oxygen atoms in total. The van der Waals surface area contributed by atoms with Gasteiger partial charge in [-0.1, -0.05) is 13.8 Å². The Labute approximate surface area is 143 Å². The van der Waals surface area contributed by atoms with Gasteiger partial charge >= 0.3 is 0 Å². The maximum Gasteiger partial charge on any atom is 0.216 e. The molecule has 3 aliphatic rings. The van der Waals surface area contributed by atoms with Crippen LogP contribution in [0.25, 0.3) is 0 Å². The van der Waals surface area contributed by atoms with E-state index in [1.165, 1.54) is 12.8 Å². The molecule has 7 heteroatoms. The van der Waals surface area contributed by atoms with Gasteiger partial charge in [0.25, 0.3) is 0 Å². The van der Waals surface area contributed by atoms with Crippen molar-refractivity contribution in [3.8, 4) is 6.07 Å². The first-order chi connectivity index (χ1) is 11.3. The number of aromatic nitrogens is 2. The largest absolute Gasteiger partial charge is 0.333 e. The maximum atomic E-state index is 12.9. The second-order valence-electron chi connectivity index (χ2n) is 8.47. The molecule has 1 saturated heterocycles. The lowest BCUT2D eigenvalue weighted by Gasteiger charge is -2.52. The molecule has 1 aliphatic heterocycles. The lowest BCUT2D eigenvalue weighted by Crippen LogP contribution is -2.59. The van der Waals surface area contributed by atoms with Crippen molar-refractivity contribution < 1.29 is 8.42 Å². The summed E-state index contributed by atoms with van der Waals surface area (Å²) in [4.78, 5) is 4.50. The Kier molecular flexibility index (Phi) is 3.39. The van der Waals surface area contributed by atoms with Crippen molar-refractivity contribution in [2.75, 3.05) is 12.3 Å². The average molecular weight is 348 g/mol. The molecule has 0 aromatic carbocycles. The van der Waals surface area contributed by atoms with Crippen LogP contribution in [0.1, 0.15) is 51.4 Å². The molecule has 0 radical (unpaired) electrons. The summed E-state index contributed by atoms with van der Waals surface area (Å²) in [6, 6.07) is 1.97. The number of hydrogen-bond acceptors (Lipinski definition) is 4. The van der Waals surface area contributed by atoms with Crippen molar-refractivity contribution in [3.05, 3.63) is 18.2 Å². The number of hydrogen-bond donors (Lipinski definition) is 0. The molecule has 3 fully saturated rings. The number of imidazole rings is 1. The molecular formula is C17H24N4O2S. The predicted molar refractivity (Wildman–Crippen MR) is 89.2 cm³/mol. The molecule has 0 N–H and O–H groups in total. The van der Waals surface area contributed by atoms with Crippen LogP contribution in [-0.4, -0.2) is 34.6 Å². The first kappa shape index (κ1) is 16.1. The molecule has 24 heavy (non-hydrogen) atoms. The summed E-state index contributed by atoms with van der Waals surface area (Å²) in [7, 11) is -3.45. The summed E-state index contributed by atoms with van der Waals surface area (Å²) in [5, 5.41) is 9.25. The Morgan fingerprint density at radius 2 is 2.08 bits per heavy atom. The molecular weight excluding hydrogens is 324 g/mol. The van der Waals surface area contributed by atoms with Crippen LogP contribution < -0.4 is 0 Å². The van der Waals surface area contributed by atoms with E-state index in [0.717, 1.165) is 12.4 Å². The van der Waals surface area contributed by atoms with Crippen molar-refractivity contribution in [2.24, 2.45) is 16.7 Å². The summed E-state index contributed by atoms with van der Waals surface area (Å²) < 4.78 is 29.5. The normalized spacial score (nSPS) is 28.1. The Morgan fingerprint density at radius 1 is 1.38 bits per heavy atom. The van der Waals surface area contributed by atoms with Gasteiger partial charge in [-0.15, -0.1) is 0 Å². The Morgan fingerprint density at radius 3 is 2.62 bits per heavy atom. The van der Waals surface area contributed by atoms with Gasteiger partial charge in [-0.2, -0.15) is 9.57 Å². The summed E-state index contributed by atoms with van der Waals surface area (Å²) in [5.41, 5.74) is -0.782. The van der Waals surface area contributed by atoms with Gasteiger partial charge in [0.15, 0.2) is 0 Å². The van der Waals surface area contributed by atoms with Gasteiger partial charge in [0.05, 0.1) is 23.3 Å². The highest BCUT2D eigenvalue weighted by Crippen LogP contribution is 2.53. The summed E-state index contributed by atoms with van der Waals surface area (Å²) >= 11 is 0. The van der Waals surface area contributed by atoms with Crippen molar-refractivity contribution in [1.29, 1.82) is 5.26 Å². The van der Waals surface area contributed by atoms with E-state index < -0.39 is 15.4 Å². The van der Waals surface area contributed by atoms with Gasteiger partial charge in [0, 0.05) is 30.9 Å². The van der Waals surface area contributed by atoms with E-state index in [4.69, 9.17) is 0 Å². The Bertz CT molecular complexity index is 797. The van der Waals surface area contributed by atoms with Gasteiger partial charge < -0.3 is 4.57 Å². The van der Waals surface area contributed by atoms with E-state index in [-0.39, 0.29) is 17.2 Å².